The van der Waals surface area contributed by atoms with Gasteiger partial charge in [0, 0.05) is 39.7 Å². The van der Waals surface area contributed by atoms with Crippen molar-refractivity contribution >= 4 is 49.8 Å². The van der Waals surface area contributed by atoms with Gasteiger partial charge in [0.25, 0.3) is 0 Å². The fourth-order valence-corrected chi connectivity index (χ4v) is 6.45. The lowest BCUT2D eigenvalue weighted by atomic mass is 9.98. The van der Waals surface area contributed by atoms with E-state index in [1.807, 2.05) is 43.7 Å². The number of ether oxygens (including phenoxy) is 1. The van der Waals surface area contributed by atoms with Crippen molar-refractivity contribution in [2.24, 2.45) is 0 Å². The van der Waals surface area contributed by atoms with Gasteiger partial charge in [0.05, 0.1) is 17.5 Å². The van der Waals surface area contributed by atoms with E-state index in [9.17, 15) is 13.2 Å². The monoisotopic (exact) mass is 566 g/mol. The van der Waals surface area contributed by atoms with E-state index >= 15 is 0 Å². The highest BCUT2D eigenvalue weighted by Gasteiger charge is 2.34. The van der Waals surface area contributed by atoms with Gasteiger partial charge < -0.3 is 14.1 Å². The molecule has 1 unspecified atom stereocenters. The summed E-state index contributed by atoms with van der Waals surface area (Å²) in [6.45, 7) is 6.95. The summed E-state index contributed by atoms with van der Waals surface area (Å²) in [5, 5.41) is 1.09. The molecule has 0 aliphatic carbocycles. The summed E-state index contributed by atoms with van der Waals surface area (Å²) in [5.41, 5.74) is 2.92. The van der Waals surface area contributed by atoms with Crippen molar-refractivity contribution in [3.63, 3.8) is 0 Å². The Morgan fingerprint density at radius 1 is 1.22 bits per heavy atom. The normalized spacial score (nSPS) is 17.3. The number of halogens is 1. The van der Waals surface area contributed by atoms with Gasteiger partial charge in [0.2, 0.25) is 10.0 Å². The highest BCUT2D eigenvalue weighted by molar-refractivity contribution is 14.1. The Labute approximate surface area is 202 Å². The molecule has 1 saturated heterocycles. The molecule has 0 saturated carbocycles. The summed E-state index contributed by atoms with van der Waals surface area (Å²) in [6, 6.07) is 11.2. The third-order valence-electron chi connectivity index (χ3n) is 5.88. The number of hydrogen-bond donors (Lipinski definition) is 0. The lowest BCUT2D eigenvalue weighted by Crippen LogP contribution is -2.28. The molecule has 0 bridgehead atoms. The number of carbonyl (C=O) groups excluding carboxylic acids is 1. The van der Waals surface area contributed by atoms with Gasteiger partial charge >= 0.3 is 0 Å². The number of hydrogen-bond acceptors (Lipinski definition) is 4. The van der Waals surface area contributed by atoms with Crippen molar-refractivity contribution in [1.29, 1.82) is 0 Å². The van der Waals surface area contributed by atoms with E-state index < -0.39 is 10.0 Å². The fourth-order valence-electron chi connectivity index (χ4n) is 4.37. The van der Waals surface area contributed by atoms with Crippen molar-refractivity contribution in [1.82, 2.24) is 8.87 Å². The molecule has 3 aromatic rings. The van der Waals surface area contributed by atoms with Crippen molar-refractivity contribution in [2.75, 3.05) is 13.1 Å². The van der Waals surface area contributed by atoms with E-state index in [1.165, 1.54) is 0 Å². The van der Waals surface area contributed by atoms with Crippen LogP contribution >= 0.6 is 22.6 Å². The molecule has 1 aliphatic heterocycles. The molecule has 4 rings (SSSR count). The molecule has 1 aliphatic rings. The second kappa shape index (κ2) is 9.15. The predicted octanol–water partition coefficient (Wildman–Crippen LogP) is 4.72. The third-order valence-corrected chi connectivity index (χ3v) is 8.41. The van der Waals surface area contributed by atoms with E-state index in [-0.39, 0.29) is 18.6 Å². The molecule has 2 aromatic carbocycles. The smallest absolute Gasteiger partial charge is 0.243 e. The summed E-state index contributed by atoms with van der Waals surface area (Å²) >= 11 is 2.28. The number of carbonyl (C=O) groups is 1. The summed E-state index contributed by atoms with van der Waals surface area (Å²) in [7, 11) is -3.60. The van der Waals surface area contributed by atoms with E-state index in [0.717, 1.165) is 38.3 Å². The van der Waals surface area contributed by atoms with Crippen molar-refractivity contribution in [2.45, 2.75) is 50.7 Å². The number of aryl methyl sites for hydroxylation is 1. The first-order chi connectivity index (χ1) is 15.2. The second-order valence-electron chi connectivity index (χ2n) is 8.51. The van der Waals surface area contributed by atoms with Gasteiger partial charge in [0.15, 0.2) is 0 Å². The Hall–Kier alpha value is -1.91. The van der Waals surface area contributed by atoms with Crippen molar-refractivity contribution < 1.29 is 17.9 Å². The molecule has 8 heteroatoms. The van der Waals surface area contributed by atoms with Gasteiger partial charge in [-0.2, -0.15) is 4.31 Å². The van der Waals surface area contributed by atoms with Gasteiger partial charge in [-0.05, 0) is 97.3 Å². The number of aromatic nitrogens is 1. The molecule has 1 atom stereocenters. The first-order valence-electron chi connectivity index (χ1n) is 10.7. The SMILES string of the molecule is Cc1cc(S(=O)(=O)N2CCC(c3cn(CC=O)c4ccc(I)cc34)C2)ccc1OC(C)C. The maximum Gasteiger partial charge on any atom is 0.243 e. The zero-order valence-corrected chi connectivity index (χ0v) is 21.4. The average molecular weight is 566 g/mol. The molecule has 1 fully saturated rings. The average Bonchev–Trinajstić information content (AvgIpc) is 3.35. The number of benzene rings is 2. The standard InChI is InChI=1S/C24H27IN2O4S/c1-16(2)31-24-7-5-20(12-17(24)3)32(29,30)27-9-8-18(14-27)22-15-26(10-11-28)23-6-4-19(25)13-21(22)23/h4-7,11-13,15-16,18H,8-10,14H2,1-3H3. The third kappa shape index (κ3) is 4.45. The van der Waals surface area contributed by atoms with Crippen LogP contribution in [0.1, 0.15) is 37.3 Å². The van der Waals surface area contributed by atoms with Gasteiger partial charge in [-0.3, -0.25) is 0 Å². The van der Waals surface area contributed by atoms with Crippen LogP contribution in [0.25, 0.3) is 10.9 Å². The number of nitrogens with zero attached hydrogens (tertiary/aromatic N) is 2. The van der Waals surface area contributed by atoms with Crippen LogP contribution in [0.15, 0.2) is 47.5 Å². The maximum atomic E-state index is 13.4. The van der Waals surface area contributed by atoms with E-state index in [0.29, 0.717) is 23.7 Å². The highest BCUT2D eigenvalue weighted by Crippen LogP contribution is 2.37. The molecular formula is C24H27IN2O4S. The quantitative estimate of drug-likeness (QED) is 0.307. The lowest BCUT2D eigenvalue weighted by molar-refractivity contribution is -0.108. The molecule has 0 N–H and O–H groups in total. The van der Waals surface area contributed by atoms with Crippen LogP contribution in [-0.2, 0) is 21.4 Å². The highest BCUT2D eigenvalue weighted by atomic mass is 127. The minimum atomic E-state index is -3.60. The Balaban J connectivity index is 1.61. The molecule has 0 radical (unpaired) electrons. The summed E-state index contributed by atoms with van der Waals surface area (Å²) in [4.78, 5) is 11.4. The summed E-state index contributed by atoms with van der Waals surface area (Å²) < 4.78 is 37.1. The maximum absolute atomic E-state index is 13.4. The predicted molar refractivity (Wildman–Crippen MR) is 134 cm³/mol. The molecule has 1 aromatic heterocycles. The Kier molecular flexibility index (Phi) is 6.65. The summed E-state index contributed by atoms with van der Waals surface area (Å²) in [6.07, 6.45) is 3.68. The Bertz CT molecular complexity index is 1270. The molecular weight excluding hydrogens is 539 g/mol. The zero-order chi connectivity index (χ0) is 23.0. The number of aldehydes is 1. The topological polar surface area (TPSA) is 68.6 Å². The van der Waals surface area contributed by atoms with Crippen molar-refractivity contribution in [3.8, 4) is 5.75 Å². The van der Waals surface area contributed by atoms with Crippen LogP contribution in [-0.4, -0.2) is 42.8 Å². The Morgan fingerprint density at radius 2 is 2.00 bits per heavy atom. The molecule has 2 heterocycles. The van der Waals surface area contributed by atoms with Crippen LogP contribution in [0.2, 0.25) is 0 Å². The first kappa shape index (κ1) is 23.3. The Morgan fingerprint density at radius 3 is 2.69 bits per heavy atom. The van der Waals surface area contributed by atoms with Gasteiger partial charge in [0.1, 0.15) is 12.0 Å². The van der Waals surface area contributed by atoms with Gasteiger partial charge in [-0.15, -0.1) is 0 Å². The number of fused-ring (bicyclic) bond motifs is 1. The minimum absolute atomic E-state index is 0.0277. The molecule has 0 amide bonds. The van der Waals surface area contributed by atoms with E-state index in [4.69, 9.17) is 4.74 Å². The largest absolute Gasteiger partial charge is 0.491 e. The van der Waals surface area contributed by atoms with Gasteiger partial charge in [-0.1, -0.05) is 0 Å². The fraction of sp³-hybridized carbons (Fsp3) is 0.375. The zero-order valence-electron chi connectivity index (χ0n) is 18.4. The molecule has 6 nitrogen and oxygen atoms in total. The van der Waals surface area contributed by atoms with E-state index in [2.05, 4.69) is 28.7 Å². The number of sulfonamides is 1. The number of rotatable bonds is 7. The van der Waals surface area contributed by atoms with Crippen LogP contribution in [0.3, 0.4) is 0 Å². The summed E-state index contributed by atoms with van der Waals surface area (Å²) in [5.74, 6) is 0.791. The van der Waals surface area contributed by atoms with E-state index in [1.54, 1.807) is 22.5 Å². The molecule has 32 heavy (non-hydrogen) atoms. The van der Waals surface area contributed by atoms with Gasteiger partial charge in [-0.25, -0.2) is 8.42 Å². The van der Waals surface area contributed by atoms with Crippen LogP contribution in [0.5, 0.6) is 5.75 Å². The minimum Gasteiger partial charge on any atom is -0.491 e. The second-order valence-corrected chi connectivity index (χ2v) is 11.7. The lowest BCUT2D eigenvalue weighted by Gasteiger charge is -2.18. The first-order valence-corrected chi connectivity index (χ1v) is 13.2. The van der Waals surface area contributed by atoms with Crippen molar-refractivity contribution in [3.05, 3.63) is 57.3 Å². The van der Waals surface area contributed by atoms with Crippen LogP contribution in [0.4, 0.5) is 0 Å². The molecule has 0 spiro atoms. The molecule has 170 valence electrons. The van der Waals surface area contributed by atoms with Crippen LogP contribution < -0.4 is 4.74 Å². The van der Waals surface area contributed by atoms with Crippen LogP contribution in [0, 0.1) is 10.5 Å².